The molecule has 0 bridgehead atoms. The van der Waals surface area contributed by atoms with E-state index in [1.807, 2.05) is 23.9 Å². The van der Waals surface area contributed by atoms with E-state index in [1.54, 1.807) is 0 Å². The summed E-state index contributed by atoms with van der Waals surface area (Å²) in [7, 11) is 0. The van der Waals surface area contributed by atoms with Gasteiger partial charge in [-0.05, 0) is 76.0 Å². The summed E-state index contributed by atoms with van der Waals surface area (Å²) in [5.41, 5.74) is 2.11. The van der Waals surface area contributed by atoms with Crippen molar-refractivity contribution in [2.75, 3.05) is 19.7 Å². The van der Waals surface area contributed by atoms with Crippen molar-refractivity contribution in [1.29, 1.82) is 0 Å². The number of rotatable bonds is 4. The lowest BCUT2D eigenvalue weighted by molar-refractivity contribution is 0.0366. The molecule has 2 aliphatic rings. The van der Waals surface area contributed by atoms with Crippen LogP contribution in [0.3, 0.4) is 0 Å². The number of fused-ring (bicyclic) bond motifs is 1. The number of benzene rings is 1. The molecule has 2 aliphatic heterocycles. The predicted octanol–water partition coefficient (Wildman–Crippen LogP) is 3.82. The second-order valence-corrected chi connectivity index (χ2v) is 7.21. The summed E-state index contributed by atoms with van der Waals surface area (Å²) in [6, 6.07) is 11.1. The highest BCUT2D eigenvalue weighted by molar-refractivity contribution is 5.36. The molecule has 4 heteroatoms. The van der Waals surface area contributed by atoms with E-state index < -0.39 is 0 Å². The Hall–Kier alpha value is -1.81. The second kappa shape index (κ2) is 6.98. The molecule has 4 rings (SSSR count). The monoisotopic (exact) mass is 325 g/mol. The van der Waals surface area contributed by atoms with Crippen molar-refractivity contribution in [3.8, 4) is 11.4 Å². The van der Waals surface area contributed by atoms with Gasteiger partial charge in [-0.2, -0.15) is 5.10 Å². The zero-order chi connectivity index (χ0) is 16.4. The average molecular weight is 325 g/mol. The van der Waals surface area contributed by atoms with Gasteiger partial charge in [0.25, 0.3) is 0 Å². The zero-order valence-electron chi connectivity index (χ0n) is 14.5. The highest BCUT2D eigenvalue weighted by Gasteiger charge is 2.33. The van der Waals surface area contributed by atoms with Crippen LogP contribution in [0.25, 0.3) is 5.69 Å². The maximum absolute atomic E-state index is 6.13. The van der Waals surface area contributed by atoms with E-state index in [-0.39, 0.29) is 0 Å². The molecule has 0 saturated carbocycles. The summed E-state index contributed by atoms with van der Waals surface area (Å²) in [6.07, 6.45) is 8.73. The normalized spacial score (nSPS) is 24.5. The van der Waals surface area contributed by atoms with Crippen LogP contribution in [-0.4, -0.2) is 40.4 Å². The van der Waals surface area contributed by atoms with Gasteiger partial charge in [0.2, 0.25) is 0 Å². The number of ether oxygens (including phenoxy) is 1. The van der Waals surface area contributed by atoms with E-state index >= 15 is 0 Å². The summed E-state index contributed by atoms with van der Waals surface area (Å²) in [4.78, 5) is 2.70. The van der Waals surface area contributed by atoms with Gasteiger partial charge in [0.15, 0.2) is 0 Å². The Bertz CT molecular complexity index is 662. The fourth-order valence-electron chi connectivity index (χ4n) is 4.23. The molecule has 1 aromatic carbocycles. The topological polar surface area (TPSA) is 30.3 Å². The standard InChI is InChI=1S/C20H27N3O/c1-16-11-14-23(21-16)18-7-9-19(10-8-18)24-15-17-5-4-13-22-12-3-2-6-20(17)22/h7-11,14,17,20H,2-6,12-13,15H2,1H3. The zero-order valence-corrected chi connectivity index (χ0v) is 14.5. The third-order valence-electron chi connectivity index (χ3n) is 5.52. The lowest BCUT2D eigenvalue weighted by Crippen LogP contribution is -2.49. The van der Waals surface area contributed by atoms with Crippen LogP contribution in [0.2, 0.25) is 0 Å². The minimum absolute atomic E-state index is 0.687. The van der Waals surface area contributed by atoms with Gasteiger partial charge in [-0.1, -0.05) is 6.42 Å². The first kappa shape index (κ1) is 15.7. The van der Waals surface area contributed by atoms with Crippen LogP contribution in [0, 0.1) is 12.8 Å². The molecule has 2 atom stereocenters. The summed E-state index contributed by atoms with van der Waals surface area (Å²) in [5, 5.41) is 4.45. The van der Waals surface area contributed by atoms with Gasteiger partial charge in [-0.3, -0.25) is 4.90 Å². The third kappa shape index (κ3) is 3.34. The highest BCUT2D eigenvalue weighted by Crippen LogP contribution is 2.31. The van der Waals surface area contributed by atoms with Crippen LogP contribution < -0.4 is 4.74 Å². The summed E-state index contributed by atoms with van der Waals surface area (Å²) < 4.78 is 8.04. The van der Waals surface area contributed by atoms with E-state index in [4.69, 9.17) is 4.74 Å². The summed E-state index contributed by atoms with van der Waals surface area (Å²) in [6.45, 7) is 5.44. The van der Waals surface area contributed by atoms with Crippen molar-refractivity contribution in [2.24, 2.45) is 5.92 Å². The maximum atomic E-state index is 6.13. The van der Waals surface area contributed by atoms with Gasteiger partial charge in [-0.25, -0.2) is 4.68 Å². The van der Waals surface area contributed by atoms with Crippen LogP contribution in [0.5, 0.6) is 5.75 Å². The Balaban J connectivity index is 1.37. The molecule has 1 aromatic heterocycles. The Kier molecular flexibility index (Phi) is 4.56. The van der Waals surface area contributed by atoms with Crippen LogP contribution in [0.15, 0.2) is 36.5 Å². The van der Waals surface area contributed by atoms with E-state index in [0.717, 1.165) is 29.8 Å². The Labute approximate surface area is 144 Å². The summed E-state index contributed by atoms with van der Waals surface area (Å²) >= 11 is 0. The van der Waals surface area contributed by atoms with Crippen molar-refractivity contribution < 1.29 is 4.74 Å². The number of piperidine rings is 2. The smallest absolute Gasteiger partial charge is 0.119 e. The molecule has 4 nitrogen and oxygen atoms in total. The van der Waals surface area contributed by atoms with Crippen molar-refractivity contribution in [3.05, 3.63) is 42.2 Å². The van der Waals surface area contributed by atoms with Gasteiger partial charge in [0, 0.05) is 18.2 Å². The summed E-state index contributed by atoms with van der Waals surface area (Å²) in [5.74, 6) is 1.66. The van der Waals surface area contributed by atoms with E-state index in [9.17, 15) is 0 Å². The molecule has 2 unspecified atom stereocenters. The Morgan fingerprint density at radius 1 is 1.04 bits per heavy atom. The lowest BCUT2D eigenvalue weighted by atomic mass is 9.84. The number of aryl methyl sites for hydroxylation is 1. The first-order chi connectivity index (χ1) is 11.8. The maximum Gasteiger partial charge on any atom is 0.119 e. The first-order valence-electron chi connectivity index (χ1n) is 9.29. The van der Waals surface area contributed by atoms with Gasteiger partial charge in [0.05, 0.1) is 18.0 Å². The van der Waals surface area contributed by atoms with Crippen LogP contribution in [-0.2, 0) is 0 Å². The minimum Gasteiger partial charge on any atom is -0.493 e. The fraction of sp³-hybridized carbons (Fsp3) is 0.550. The van der Waals surface area contributed by atoms with E-state index in [2.05, 4.69) is 34.3 Å². The molecular weight excluding hydrogens is 298 g/mol. The van der Waals surface area contributed by atoms with Crippen LogP contribution in [0.1, 0.15) is 37.8 Å². The van der Waals surface area contributed by atoms with E-state index in [1.165, 1.54) is 45.2 Å². The molecule has 0 amide bonds. The lowest BCUT2D eigenvalue weighted by Gasteiger charge is -2.44. The molecule has 128 valence electrons. The van der Waals surface area contributed by atoms with Crippen molar-refractivity contribution in [1.82, 2.24) is 14.7 Å². The van der Waals surface area contributed by atoms with Crippen molar-refractivity contribution >= 4 is 0 Å². The molecule has 2 saturated heterocycles. The molecule has 2 aromatic rings. The minimum atomic E-state index is 0.687. The molecule has 0 aliphatic carbocycles. The fourth-order valence-corrected chi connectivity index (χ4v) is 4.23. The number of hydrogen-bond acceptors (Lipinski definition) is 3. The molecule has 0 spiro atoms. The average Bonchev–Trinajstić information content (AvgIpc) is 3.07. The molecule has 2 fully saturated rings. The number of nitrogens with zero attached hydrogens (tertiary/aromatic N) is 3. The SMILES string of the molecule is Cc1ccn(-c2ccc(OCC3CCCN4CCCCC34)cc2)n1. The Morgan fingerprint density at radius 2 is 1.88 bits per heavy atom. The number of aromatic nitrogens is 2. The quantitative estimate of drug-likeness (QED) is 0.856. The molecule has 0 N–H and O–H groups in total. The molecule has 24 heavy (non-hydrogen) atoms. The van der Waals surface area contributed by atoms with Gasteiger partial charge < -0.3 is 4.74 Å². The van der Waals surface area contributed by atoms with Gasteiger partial charge in [0.1, 0.15) is 5.75 Å². The van der Waals surface area contributed by atoms with Gasteiger partial charge in [-0.15, -0.1) is 0 Å². The molecule has 3 heterocycles. The molecule has 0 radical (unpaired) electrons. The second-order valence-electron chi connectivity index (χ2n) is 7.21. The third-order valence-corrected chi connectivity index (χ3v) is 5.52. The van der Waals surface area contributed by atoms with E-state index in [0.29, 0.717) is 5.92 Å². The largest absolute Gasteiger partial charge is 0.493 e. The highest BCUT2D eigenvalue weighted by atomic mass is 16.5. The Morgan fingerprint density at radius 3 is 2.67 bits per heavy atom. The first-order valence-corrected chi connectivity index (χ1v) is 9.29. The van der Waals surface area contributed by atoms with Crippen molar-refractivity contribution in [3.63, 3.8) is 0 Å². The van der Waals surface area contributed by atoms with Crippen LogP contribution in [0.4, 0.5) is 0 Å². The van der Waals surface area contributed by atoms with Gasteiger partial charge >= 0.3 is 0 Å². The number of hydrogen-bond donors (Lipinski definition) is 0. The molecular formula is C20H27N3O. The predicted molar refractivity (Wildman–Crippen MR) is 95.7 cm³/mol. The van der Waals surface area contributed by atoms with Crippen molar-refractivity contribution in [2.45, 2.75) is 45.1 Å². The van der Waals surface area contributed by atoms with Crippen LogP contribution >= 0.6 is 0 Å².